The van der Waals surface area contributed by atoms with Gasteiger partial charge in [-0.25, -0.2) is 0 Å². The van der Waals surface area contributed by atoms with Crippen molar-refractivity contribution in [2.45, 2.75) is 31.9 Å². The second-order valence-electron chi connectivity index (χ2n) is 9.30. The van der Waals surface area contributed by atoms with Crippen LogP contribution in [0.4, 0.5) is 0 Å². The number of fused-ring (bicyclic) bond motifs is 1. The molecule has 0 aliphatic carbocycles. The highest BCUT2D eigenvalue weighted by molar-refractivity contribution is 6.46. The number of nitrogens with zero attached hydrogens (tertiary/aromatic N) is 1. The van der Waals surface area contributed by atoms with Gasteiger partial charge >= 0.3 is 0 Å². The van der Waals surface area contributed by atoms with Gasteiger partial charge < -0.3 is 24.2 Å². The normalized spacial score (nSPS) is 20.0. The van der Waals surface area contributed by atoms with Gasteiger partial charge in [0, 0.05) is 18.5 Å². The van der Waals surface area contributed by atoms with Crippen molar-refractivity contribution in [3.8, 4) is 17.2 Å². The largest absolute Gasteiger partial charge is 0.507 e. The minimum Gasteiger partial charge on any atom is -0.507 e. The number of hydrogen-bond acceptors (Lipinski definition) is 6. The van der Waals surface area contributed by atoms with Gasteiger partial charge in [0.15, 0.2) is 11.5 Å². The Kier molecular flexibility index (Phi) is 6.61. The predicted octanol–water partition coefficient (Wildman–Crippen LogP) is 4.69. The molecule has 2 atom stereocenters. The van der Waals surface area contributed by atoms with E-state index in [0.717, 1.165) is 16.9 Å². The second-order valence-corrected chi connectivity index (χ2v) is 9.30. The highest BCUT2D eigenvalue weighted by Crippen LogP contribution is 2.42. The summed E-state index contributed by atoms with van der Waals surface area (Å²) in [7, 11) is 3.07. The van der Waals surface area contributed by atoms with E-state index in [4.69, 9.17) is 14.2 Å². The molecule has 1 N–H and O–H groups in total. The molecule has 2 heterocycles. The summed E-state index contributed by atoms with van der Waals surface area (Å²) in [4.78, 5) is 28.2. The van der Waals surface area contributed by atoms with Crippen LogP contribution in [0.25, 0.3) is 5.76 Å². The second kappa shape index (κ2) is 10.0. The number of Topliss-reactive ketones (excluding diaryl/α,β-unsaturated/α-hetero) is 1. The van der Waals surface area contributed by atoms with Crippen molar-refractivity contribution in [1.82, 2.24) is 4.90 Å². The Morgan fingerprint density at radius 1 is 1.00 bits per heavy atom. The maximum atomic E-state index is 13.4. The third-order valence-corrected chi connectivity index (χ3v) is 6.92. The van der Waals surface area contributed by atoms with Crippen molar-refractivity contribution in [2.75, 3.05) is 20.8 Å². The van der Waals surface area contributed by atoms with Crippen LogP contribution in [-0.2, 0) is 22.4 Å². The Labute approximate surface area is 215 Å². The molecule has 3 aromatic rings. The zero-order valence-corrected chi connectivity index (χ0v) is 21.1. The molecule has 0 saturated carbocycles. The minimum atomic E-state index is -0.785. The van der Waals surface area contributed by atoms with Gasteiger partial charge in [-0.05, 0) is 60.4 Å². The summed E-state index contributed by atoms with van der Waals surface area (Å²) in [5.74, 6) is 0.204. The van der Waals surface area contributed by atoms with E-state index in [1.165, 1.54) is 12.0 Å². The topological polar surface area (TPSA) is 85.3 Å². The van der Waals surface area contributed by atoms with Gasteiger partial charge in [0.2, 0.25) is 0 Å². The Bertz CT molecular complexity index is 1380. The van der Waals surface area contributed by atoms with Gasteiger partial charge in [0.1, 0.15) is 17.6 Å². The van der Waals surface area contributed by atoms with E-state index in [0.29, 0.717) is 42.0 Å². The number of carbonyl (C=O) groups is 2. The number of carbonyl (C=O) groups excluding carboxylic acids is 2. The molecule has 3 aromatic carbocycles. The molecule has 2 aliphatic rings. The number of amides is 1. The van der Waals surface area contributed by atoms with Crippen molar-refractivity contribution in [3.63, 3.8) is 0 Å². The van der Waals surface area contributed by atoms with E-state index in [2.05, 4.69) is 0 Å². The predicted molar refractivity (Wildman–Crippen MR) is 139 cm³/mol. The van der Waals surface area contributed by atoms with Crippen molar-refractivity contribution in [1.29, 1.82) is 0 Å². The summed E-state index contributed by atoms with van der Waals surface area (Å²) < 4.78 is 16.6. The molecule has 7 nitrogen and oxygen atoms in total. The first-order chi connectivity index (χ1) is 17.9. The molecule has 1 saturated heterocycles. The lowest BCUT2D eigenvalue weighted by Crippen LogP contribution is -2.31. The van der Waals surface area contributed by atoms with Crippen molar-refractivity contribution >= 4 is 17.4 Å². The van der Waals surface area contributed by atoms with Crippen LogP contribution in [0.15, 0.2) is 72.3 Å². The van der Waals surface area contributed by atoms with Gasteiger partial charge in [-0.15, -0.1) is 0 Å². The number of aliphatic hydroxyl groups excluding tert-OH is 1. The molecular weight excluding hydrogens is 470 g/mol. The number of benzene rings is 3. The van der Waals surface area contributed by atoms with Gasteiger partial charge in [0.25, 0.3) is 11.7 Å². The van der Waals surface area contributed by atoms with E-state index in [1.807, 2.05) is 43.3 Å². The Hall–Kier alpha value is -4.26. The summed E-state index contributed by atoms with van der Waals surface area (Å²) in [6.07, 6.45) is 1.31. The highest BCUT2D eigenvalue weighted by atomic mass is 16.5. The summed E-state index contributed by atoms with van der Waals surface area (Å²) in [5, 5.41) is 11.5. The average molecular weight is 500 g/mol. The number of methoxy groups -OCH3 is 2. The third-order valence-electron chi connectivity index (χ3n) is 6.92. The van der Waals surface area contributed by atoms with E-state index in [-0.39, 0.29) is 17.4 Å². The molecule has 0 radical (unpaired) electrons. The molecule has 190 valence electrons. The Balaban J connectivity index is 1.60. The molecule has 37 heavy (non-hydrogen) atoms. The Morgan fingerprint density at radius 3 is 2.49 bits per heavy atom. The lowest BCUT2D eigenvalue weighted by molar-refractivity contribution is -0.139. The first-order valence-corrected chi connectivity index (χ1v) is 12.3. The van der Waals surface area contributed by atoms with E-state index >= 15 is 0 Å². The van der Waals surface area contributed by atoms with Gasteiger partial charge in [0.05, 0.1) is 25.8 Å². The van der Waals surface area contributed by atoms with Crippen LogP contribution in [0.3, 0.4) is 0 Å². The zero-order chi connectivity index (χ0) is 26.1. The molecule has 0 unspecified atom stereocenters. The van der Waals surface area contributed by atoms with E-state index in [1.54, 1.807) is 37.4 Å². The third kappa shape index (κ3) is 4.53. The molecule has 0 aromatic heterocycles. The van der Waals surface area contributed by atoms with Crippen molar-refractivity contribution in [3.05, 3.63) is 94.6 Å². The maximum Gasteiger partial charge on any atom is 0.295 e. The SMILES string of the molecule is COc1ccc([C@H]2C(=C(O)c3ccc4c(c3)C[C@@H](C)O4)C(=O)C(=O)N2CCc2ccccc2)cc1OC. The average Bonchev–Trinajstić information content (AvgIpc) is 3.42. The summed E-state index contributed by atoms with van der Waals surface area (Å²) >= 11 is 0. The minimum absolute atomic E-state index is 0.0442. The van der Waals surface area contributed by atoms with Crippen LogP contribution >= 0.6 is 0 Å². The standard InChI is InChI=1S/C30H29NO6/c1-18-15-22-16-21(10-11-23(22)37-18)28(32)26-27(20-9-12-24(35-2)25(17-20)36-3)31(30(34)29(26)33)14-13-19-7-5-4-6-8-19/h4-12,16-18,27,32H,13-15H2,1-3H3/t18-,27+/m1/s1. The molecule has 1 fully saturated rings. The molecular formula is C30H29NO6. The van der Waals surface area contributed by atoms with Crippen LogP contribution in [0.1, 0.15) is 35.2 Å². The molecule has 2 aliphatic heterocycles. The number of ketones is 1. The van der Waals surface area contributed by atoms with Crippen molar-refractivity contribution in [2.24, 2.45) is 0 Å². The van der Waals surface area contributed by atoms with Crippen LogP contribution in [0.2, 0.25) is 0 Å². The fourth-order valence-corrected chi connectivity index (χ4v) is 5.10. The van der Waals surface area contributed by atoms with Crippen LogP contribution < -0.4 is 14.2 Å². The fraction of sp³-hybridized carbons (Fsp3) is 0.267. The first-order valence-electron chi connectivity index (χ1n) is 12.3. The number of aliphatic hydroxyl groups is 1. The summed E-state index contributed by atoms with van der Waals surface area (Å²) in [5.41, 5.74) is 3.17. The van der Waals surface area contributed by atoms with E-state index < -0.39 is 17.7 Å². The van der Waals surface area contributed by atoms with Crippen LogP contribution in [0, 0.1) is 0 Å². The van der Waals surface area contributed by atoms with Crippen molar-refractivity contribution < 1.29 is 28.9 Å². The van der Waals surface area contributed by atoms with Gasteiger partial charge in [-0.1, -0.05) is 36.4 Å². The fourth-order valence-electron chi connectivity index (χ4n) is 5.10. The highest BCUT2D eigenvalue weighted by Gasteiger charge is 2.46. The maximum absolute atomic E-state index is 13.4. The molecule has 7 heteroatoms. The quantitative estimate of drug-likeness (QED) is 0.288. The number of rotatable bonds is 7. The smallest absolute Gasteiger partial charge is 0.295 e. The van der Waals surface area contributed by atoms with Gasteiger partial charge in [-0.2, -0.15) is 0 Å². The summed E-state index contributed by atoms with van der Waals surface area (Å²) in [6, 6.07) is 19.6. The molecule has 0 bridgehead atoms. The Morgan fingerprint density at radius 2 is 1.76 bits per heavy atom. The number of likely N-dealkylation sites (tertiary alicyclic amines) is 1. The molecule has 5 rings (SSSR count). The lowest BCUT2D eigenvalue weighted by atomic mass is 9.94. The monoisotopic (exact) mass is 499 g/mol. The number of ether oxygens (including phenoxy) is 3. The lowest BCUT2D eigenvalue weighted by Gasteiger charge is -2.26. The molecule has 0 spiro atoms. The van der Waals surface area contributed by atoms with Crippen LogP contribution in [-0.4, -0.2) is 48.6 Å². The molecule has 1 amide bonds. The van der Waals surface area contributed by atoms with Gasteiger partial charge in [-0.3, -0.25) is 9.59 Å². The summed E-state index contributed by atoms with van der Waals surface area (Å²) in [6.45, 7) is 2.29. The first kappa shape index (κ1) is 24.4. The number of hydrogen-bond donors (Lipinski definition) is 1. The zero-order valence-electron chi connectivity index (χ0n) is 21.1. The van der Waals surface area contributed by atoms with Crippen LogP contribution in [0.5, 0.6) is 17.2 Å². The van der Waals surface area contributed by atoms with E-state index in [9.17, 15) is 14.7 Å².